The summed E-state index contributed by atoms with van der Waals surface area (Å²) in [5.41, 5.74) is 1.01. The first-order valence-electron chi connectivity index (χ1n) is 6.98. The van der Waals surface area contributed by atoms with Gasteiger partial charge in [-0.3, -0.25) is 9.78 Å². The van der Waals surface area contributed by atoms with Crippen LogP contribution in [0.3, 0.4) is 0 Å². The number of likely N-dealkylation sites (tertiary alicyclic amines) is 1. The Bertz CT molecular complexity index is 712. The summed E-state index contributed by atoms with van der Waals surface area (Å²) >= 11 is 0. The smallest absolute Gasteiger partial charge is 0.254 e. The number of nitriles is 1. The molecule has 1 saturated heterocycles. The van der Waals surface area contributed by atoms with Gasteiger partial charge in [-0.15, -0.1) is 0 Å². The standard InChI is InChI=1S/C16H14N4O2/c17-9-12-2-1-3-13(8-12)16(21)20-7-4-14(11-20)22-15-10-18-5-6-19-15/h1-3,5-6,8,10,14H,4,7,11H2. The van der Waals surface area contributed by atoms with Gasteiger partial charge in [0.1, 0.15) is 6.10 Å². The van der Waals surface area contributed by atoms with Crippen LogP contribution in [0.2, 0.25) is 0 Å². The number of hydrogen-bond acceptors (Lipinski definition) is 5. The predicted molar refractivity (Wildman–Crippen MR) is 78.1 cm³/mol. The minimum absolute atomic E-state index is 0.0812. The molecule has 1 atom stereocenters. The van der Waals surface area contributed by atoms with Crippen molar-refractivity contribution in [3.05, 3.63) is 54.0 Å². The van der Waals surface area contributed by atoms with E-state index in [9.17, 15) is 4.79 Å². The van der Waals surface area contributed by atoms with E-state index in [0.717, 1.165) is 6.42 Å². The van der Waals surface area contributed by atoms with Crippen molar-refractivity contribution in [1.82, 2.24) is 14.9 Å². The summed E-state index contributed by atoms with van der Waals surface area (Å²) in [5.74, 6) is 0.385. The monoisotopic (exact) mass is 294 g/mol. The number of benzene rings is 1. The van der Waals surface area contributed by atoms with Gasteiger partial charge in [-0.05, 0) is 18.2 Å². The Morgan fingerprint density at radius 1 is 1.41 bits per heavy atom. The van der Waals surface area contributed by atoms with Crippen molar-refractivity contribution in [2.45, 2.75) is 12.5 Å². The van der Waals surface area contributed by atoms with Crippen LogP contribution in [0.1, 0.15) is 22.3 Å². The highest BCUT2D eigenvalue weighted by Gasteiger charge is 2.28. The van der Waals surface area contributed by atoms with Gasteiger partial charge in [-0.25, -0.2) is 4.98 Å². The molecule has 1 aromatic carbocycles. The normalized spacial score (nSPS) is 17.0. The lowest BCUT2D eigenvalue weighted by Gasteiger charge is -2.17. The Hall–Kier alpha value is -2.94. The second-order valence-corrected chi connectivity index (χ2v) is 5.02. The first-order chi connectivity index (χ1) is 10.8. The van der Waals surface area contributed by atoms with Crippen molar-refractivity contribution in [3.63, 3.8) is 0 Å². The molecule has 1 unspecified atom stereocenters. The molecule has 0 N–H and O–H groups in total. The van der Waals surface area contributed by atoms with E-state index in [0.29, 0.717) is 30.1 Å². The van der Waals surface area contributed by atoms with Crippen LogP contribution < -0.4 is 4.74 Å². The molecule has 0 spiro atoms. The summed E-state index contributed by atoms with van der Waals surface area (Å²) in [6, 6.07) is 8.78. The highest BCUT2D eigenvalue weighted by Crippen LogP contribution is 2.18. The maximum Gasteiger partial charge on any atom is 0.254 e. The van der Waals surface area contributed by atoms with E-state index >= 15 is 0 Å². The first-order valence-corrected chi connectivity index (χ1v) is 6.98. The lowest BCUT2D eigenvalue weighted by molar-refractivity contribution is 0.0771. The fourth-order valence-electron chi connectivity index (χ4n) is 2.43. The fourth-order valence-corrected chi connectivity index (χ4v) is 2.43. The van der Waals surface area contributed by atoms with Gasteiger partial charge >= 0.3 is 0 Å². The molecule has 22 heavy (non-hydrogen) atoms. The van der Waals surface area contributed by atoms with Gasteiger partial charge in [0.25, 0.3) is 5.91 Å². The molecule has 1 amide bonds. The zero-order valence-electron chi connectivity index (χ0n) is 11.8. The van der Waals surface area contributed by atoms with Gasteiger partial charge in [0.05, 0.1) is 24.4 Å². The van der Waals surface area contributed by atoms with Crippen LogP contribution in [0, 0.1) is 11.3 Å². The van der Waals surface area contributed by atoms with Gasteiger partial charge in [-0.2, -0.15) is 5.26 Å². The van der Waals surface area contributed by atoms with Gasteiger partial charge in [0.15, 0.2) is 0 Å². The quantitative estimate of drug-likeness (QED) is 0.860. The molecule has 2 heterocycles. The van der Waals surface area contributed by atoms with Crippen LogP contribution in [-0.4, -0.2) is 40.0 Å². The average Bonchev–Trinajstić information content (AvgIpc) is 3.03. The van der Waals surface area contributed by atoms with Gasteiger partial charge in [0.2, 0.25) is 5.88 Å². The molecule has 3 rings (SSSR count). The molecule has 0 bridgehead atoms. The maximum atomic E-state index is 12.4. The zero-order valence-corrected chi connectivity index (χ0v) is 11.8. The minimum atomic E-state index is -0.0835. The number of nitrogens with zero attached hydrogens (tertiary/aromatic N) is 4. The van der Waals surface area contributed by atoms with E-state index in [1.807, 2.05) is 6.07 Å². The topological polar surface area (TPSA) is 79.1 Å². The summed E-state index contributed by atoms with van der Waals surface area (Å²) in [4.78, 5) is 22.2. The molecule has 1 aliphatic heterocycles. The number of hydrogen-bond donors (Lipinski definition) is 0. The summed E-state index contributed by atoms with van der Waals surface area (Å²) in [7, 11) is 0. The molecule has 0 saturated carbocycles. The molecule has 0 aliphatic carbocycles. The number of ether oxygens (including phenoxy) is 1. The maximum absolute atomic E-state index is 12.4. The van der Waals surface area contributed by atoms with E-state index in [-0.39, 0.29) is 12.0 Å². The number of amides is 1. The third-order valence-corrected chi connectivity index (χ3v) is 3.50. The molecule has 6 nitrogen and oxygen atoms in total. The highest BCUT2D eigenvalue weighted by molar-refractivity contribution is 5.94. The zero-order chi connectivity index (χ0) is 15.4. The van der Waals surface area contributed by atoms with E-state index in [1.54, 1.807) is 47.8 Å². The van der Waals surface area contributed by atoms with Crippen molar-refractivity contribution >= 4 is 5.91 Å². The summed E-state index contributed by atoms with van der Waals surface area (Å²) < 4.78 is 5.72. The van der Waals surface area contributed by atoms with Gasteiger partial charge < -0.3 is 9.64 Å². The number of rotatable bonds is 3. The summed E-state index contributed by atoms with van der Waals surface area (Å²) in [5, 5.41) is 8.91. The number of aromatic nitrogens is 2. The molecule has 1 aliphatic rings. The molecule has 1 fully saturated rings. The van der Waals surface area contributed by atoms with Crippen LogP contribution >= 0.6 is 0 Å². The Balaban J connectivity index is 1.64. The molecule has 110 valence electrons. The molecule has 2 aromatic rings. The van der Waals surface area contributed by atoms with Crippen molar-refractivity contribution < 1.29 is 9.53 Å². The Kier molecular flexibility index (Phi) is 3.97. The van der Waals surface area contributed by atoms with Crippen molar-refractivity contribution in [3.8, 4) is 11.9 Å². The summed E-state index contributed by atoms with van der Waals surface area (Å²) in [6.07, 6.45) is 5.38. The average molecular weight is 294 g/mol. The van der Waals surface area contributed by atoms with E-state index < -0.39 is 0 Å². The number of carbonyl (C=O) groups is 1. The van der Waals surface area contributed by atoms with Crippen LogP contribution in [-0.2, 0) is 0 Å². The van der Waals surface area contributed by atoms with E-state index in [4.69, 9.17) is 10.00 Å². The second kappa shape index (κ2) is 6.22. The molecular formula is C16H14N4O2. The molecule has 0 radical (unpaired) electrons. The fraction of sp³-hybridized carbons (Fsp3) is 0.250. The molecular weight excluding hydrogens is 280 g/mol. The minimum Gasteiger partial charge on any atom is -0.471 e. The first kappa shape index (κ1) is 14.0. The Labute approximate surface area is 128 Å². The number of carbonyl (C=O) groups excluding carboxylic acids is 1. The van der Waals surface area contributed by atoms with Gasteiger partial charge in [-0.1, -0.05) is 6.07 Å². The lowest BCUT2D eigenvalue weighted by Crippen LogP contribution is -2.31. The van der Waals surface area contributed by atoms with Crippen LogP contribution in [0.15, 0.2) is 42.9 Å². The highest BCUT2D eigenvalue weighted by atomic mass is 16.5. The van der Waals surface area contributed by atoms with E-state index in [1.165, 1.54) is 0 Å². The summed E-state index contributed by atoms with van der Waals surface area (Å²) in [6.45, 7) is 1.13. The predicted octanol–water partition coefficient (Wildman–Crippen LogP) is 1.64. The van der Waals surface area contributed by atoms with Gasteiger partial charge in [0, 0.05) is 30.9 Å². The Morgan fingerprint density at radius 2 is 2.32 bits per heavy atom. The lowest BCUT2D eigenvalue weighted by atomic mass is 10.1. The van der Waals surface area contributed by atoms with Crippen LogP contribution in [0.25, 0.3) is 0 Å². The third kappa shape index (κ3) is 3.04. The Morgan fingerprint density at radius 3 is 3.09 bits per heavy atom. The molecule has 1 aromatic heterocycles. The third-order valence-electron chi connectivity index (χ3n) is 3.50. The van der Waals surface area contributed by atoms with Crippen molar-refractivity contribution in [2.75, 3.05) is 13.1 Å². The largest absolute Gasteiger partial charge is 0.471 e. The SMILES string of the molecule is N#Cc1cccc(C(=O)N2CCC(Oc3cnccn3)C2)c1. The van der Waals surface area contributed by atoms with Crippen molar-refractivity contribution in [2.24, 2.45) is 0 Å². The van der Waals surface area contributed by atoms with Crippen molar-refractivity contribution in [1.29, 1.82) is 5.26 Å². The second-order valence-electron chi connectivity index (χ2n) is 5.02. The molecule has 6 heteroatoms. The van der Waals surface area contributed by atoms with Crippen LogP contribution in [0.4, 0.5) is 0 Å². The van der Waals surface area contributed by atoms with E-state index in [2.05, 4.69) is 9.97 Å². The van der Waals surface area contributed by atoms with Crippen LogP contribution in [0.5, 0.6) is 5.88 Å².